The van der Waals surface area contributed by atoms with Gasteiger partial charge in [-0.1, -0.05) is 13.3 Å². The first-order valence-corrected chi connectivity index (χ1v) is 13.8. The van der Waals surface area contributed by atoms with Gasteiger partial charge in [-0.25, -0.2) is 4.79 Å². The fraction of sp³-hybridized carbons (Fsp3) is 0.448. The van der Waals surface area contributed by atoms with E-state index in [1.54, 1.807) is 12.1 Å². The predicted molar refractivity (Wildman–Crippen MR) is 144 cm³/mol. The highest BCUT2D eigenvalue weighted by atomic mass is 16.4. The Morgan fingerprint density at radius 1 is 0.875 bits per heavy atom. The highest BCUT2D eigenvalue weighted by molar-refractivity contribution is 6.33. The molecule has 2 aromatic carbocycles. The standard InChI is InChI=1S/C29H32N4O7/c1-2-3-14-32-25(35)16-9-11-18-23-19(12-10-17(22(16)23)26(32)36)28(38)33(27(18)37)15-5-4-7-21(29(39)40)31-24(34)20-8-6-13-30-20/h9-12,20-21,30H,2-8,13-15H2,1H3,(H,31,34)(H,39,40)/t20-,21?/m0/s1. The molecular weight excluding hydrogens is 516 g/mol. The van der Waals surface area contributed by atoms with Gasteiger partial charge in [0.25, 0.3) is 23.6 Å². The summed E-state index contributed by atoms with van der Waals surface area (Å²) in [4.78, 5) is 79.5. The number of unbranched alkanes of at least 4 members (excludes halogenated alkanes) is 2. The number of nitrogens with zero attached hydrogens (tertiary/aromatic N) is 2. The molecule has 0 spiro atoms. The zero-order valence-electron chi connectivity index (χ0n) is 22.3. The minimum absolute atomic E-state index is 0.0647. The minimum Gasteiger partial charge on any atom is -0.480 e. The molecule has 0 saturated carbocycles. The van der Waals surface area contributed by atoms with Crippen LogP contribution in [0.1, 0.15) is 93.3 Å². The van der Waals surface area contributed by atoms with E-state index in [-0.39, 0.29) is 36.0 Å². The summed E-state index contributed by atoms with van der Waals surface area (Å²) in [6, 6.07) is 4.70. The van der Waals surface area contributed by atoms with E-state index < -0.39 is 35.6 Å². The molecular formula is C29H32N4O7. The second kappa shape index (κ2) is 11.2. The lowest BCUT2D eigenvalue weighted by Crippen LogP contribution is -2.48. The SMILES string of the molecule is CCCCN1C(=O)c2ccc3c4c(ccc(c24)C1=O)C(=O)N(CCCCC(NC(=O)[C@@H]1CCCN1)C(=O)O)C3=O. The summed E-state index contributed by atoms with van der Waals surface area (Å²) in [5.41, 5.74) is 1.10. The van der Waals surface area contributed by atoms with Gasteiger partial charge in [0, 0.05) is 46.1 Å². The molecule has 5 rings (SSSR count). The van der Waals surface area contributed by atoms with Gasteiger partial charge in [-0.15, -0.1) is 0 Å². The van der Waals surface area contributed by atoms with Crippen molar-refractivity contribution >= 4 is 46.3 Å². The van der Waals surface area contributed by atoms with Gasteiger partial charge in [-0.3, -0.25) is 33.8 Å². The van der Waals surface area contributed by atoms with Crippen LogP contribution in [0.2, 0.25) is 0 Å². The van der Waals surface area contributed by atoms with Gasteiger partial charge in [0.1, 0.15) is 6.04 Å². The van der Waals surface area contributed by atoms with Gasteiger partial charge < -0.3 is 15.7 Å². The van der Waals surface area contributed by atoms with Crippen LogP contribution in [-0.2, 0) is 9.59 Å². The zero-order chi connectivity index (χ0) is 28.6. The average molecular weight is 549 g/mol. The summed E-state index contributed by atoms with van der Waals surface area (Å²) in [5.74, 6) is -3.38. The number of hydrogen-bond acceptors (Lipinski definition) is 7. The molecule has 1 fully saturated rings. The molecule has 2 atom stereocenters. The first-order chi connectivity index (χ1) is 19.2. The van der Waals surface area contributed by atoms with E-state index in [0.29, 0.717) is 54.1 Å². The van der Waals surface area contributed by atoms with Crippen molar-refractivity contribution in [2.75, 3.05) is 19.6 Å². The Bertz CT molecular complexity index is 1360. The maximum Gasteiger partial charge on any atom is 0.326 e. The molecule has 3 N–H and O–H groups in total. The third-order valence-corrected chi connectivity index (χ3v) is 7.91. The van der Waals surface area contributed by atoms with Crippen LogP contribution in [0.25, 0.3) is 10.8 Å². The smallest absolute Gasteiger partial charge is 0.326 e. The number of rotatable bonds is 11. The van der Waals surface area contributed by atoms with Crippen molar-refractivity contribution in [2.24, 2.45) is 0 Å². The monoisotopic (exact) mass is 548 g/mol. The number of imide groups is 2. The fourth-order valence-electron chi connectivity index (χ4n) is 5.75. The summed E-state index contributed by atoms with van der Waals surface area (Å²) in [6.45, 7) is 3.05. The topological polar surface area (TPSA) is 153 Å². The lowest BCUT2D eigenvalue weighted by Gasteiger charge is -2.32. The molecule has 0 aromatic heterocycles. The Kier molecular flexibility index (Phi) is 7.66. The van der Waals surface area contributed by atoms with Crippen molar-refractivity contribution in [2.45, 2.75) is 64.0 Å². The van der Waals surface area contributed by atoms with E-state index >= 15 is 0 Å². The number of carboxylic acid groups (broad SMARTS) is 1. The molecule has 11 nitrogen and oxygen atoms in total. The van der Waals surface area contributed by atoms with Crippen LogP contribution in [0.15, 0.2) is 24.3 Å². The van der Waals surface area contributed by atoms with E-state index in [0.717, 1.165) is 24.3 Å². The van der Waals surface area contributed by atoms with E-state index in [4.69, 9.17) is 0 Å². The van der Waals surface area contributed by atoms with Crippen LogP contribution in [0.3, 0.4) is 0 Å². The second-order valence-corrected chi connectivity index (χ2v) is 10.5. The Morgan fingerprint density at radius 3 is 1.80 bits per heavy atom. The normalized spacial score (nSPS) is 19.0. The molecule has 0 radical (unpaired) electrons. The molecule has 210 valence electrons. The van der Waals surface area contributed by atoms with E-state index in [9.17, 15) is 33.9 Å². The number of nitrogens with one attached hydrogen (secondary N) is 2. The van der Waals surface area contributed by atoms with Gasteiger partial charge in [-0.2, -0.15) is 0 Å². The third-order valence-electron chi connectivity index (χ3n) is 7.91. The first-order valence-electron chi connectivity index (χ1n) is 13.8. The summed E-state index contributed by atoms with van der Waals surface area (Å²) in [5, 5.41) is 15.8. The summed E-state index contributed by atoms with van der Waals surface area (Å²) < 4.78 is 0. The maximum atomic E-state index is 13.4. The predicted octanol–water partition coefficient (Wildman–Crippen LogP) is 2.32. The number of benzene rings is 2. The number of carbonyl (C=O) groups is 6. The molecule has 0 aliphatic carbocycles. The van der Waals surface area contributed by atoms with Crippen molar-refractivity contribution < 1.29 is 33.9 Å². The van der Waals surface area contributed by atoms with Crippen molar-refractivity contribution in [1.82, 2.24) is 20.4 Å². The molecule has 1 unspecified atom stereocenters. The molecule has 3 aliphatic heterocycles. The van der Waals surface area contributed by atoms with Crippen molar-refractivity contribution in [3.63, 3.8) is 0 Å². The third kappa shape index (κ3) is 4.74. The Balaban J connectivity index is 1.30. The highest BCUT2D eigenvalue weighted by Crippen LogP contribution is 2.38. The lowest BCUT2D eigenvalue weighted by molar-refractivity contribution is -0.142. The molecule has 5 amide bonds. The van der Waals surface area contributed by atoms with Crippen LogP contribution < -0.4 is 10.6 Å². The van der Waals surface area contributed by atoms with Crippen LogP contribution in [0.4, 0.5) is 0 Å². The molecule has 1 saturated heterocycles. The van der Waals surface area contributed by atoms with Crippen LogP contribution in [-0.4, -0.2) is 82.1 Å². The quantitative estimate of drug-likeness (QED) is 0.286. The Labute approximate surface area is 230 Å². The second-order valence-electron chi connectivity index (χ2n) is 10.5. The summed E-state index contributed by atoms with van der Waals surface area (Å²) in [7, 11) is 0. The average Bonchev–Trinajstić information content (AvgIpc) is 3.49. The van der Waals surface area contributed by atoms with Crippen LogP contribution >= 0.6 is 0 Å². The zero-order valence-corrected chi connectivity index (χ0v) is 22.3. The molecule has 3 heterocycles. The van der Waals surface area contributed by atoms with Crippen LogP contribution in [0.5, 0.6) is 0 Å². The van der Waals surface area contributed by atoms with Gasteiger partial charge in [0.15, 0.2) is 0 Å². The van der Waals surface area contributed by atoms with Gasteiger partial charge in [0.05, 0.1) is 6.04 Å². The number of carbonyl (C=O) groups excluding carboxylic acids is 5. The van der Waals surface area contributed by atoms with Gasteiger partial charge in [-0.05, 0) is 69.3 Å². The van der Waals surface area contributed by atoms with E-state index in [1.807, 2.05) is 6.92 Å². The van der Waals surface area contributed by atoms with Gasteiger partial charge >= 0.3 is 5.97 Å². The fourth-order valence-corrected chi connectivity index (χ4v) is 5.75. The molecule has 11 heteroatoms. The highest BCUT2D eigenvalue weighted by Gasteiger charge is 2.39. The molecule has 0 bridgehead atoms. The minimum atomic E-state index is -1.14. The molecule has 40 heavy (non-hydrogen) atoms. The summed E-state index contributed by atoms with van der Waals surface area (Å²) >= 11 is 0. The summed E-state index contributed by atoms with van der Waals surface area (Å²) in [6.07, 6.45) is 3.88. The largest absolute Gasteiger partial charge is 0.480 e. The van der Waals surface area contributed by atoms with E-state index in [2.05, 4.69) is 10.6 Å². The molecule has 2 aromatic rings. The van der Waals surface area contributed by atoms with Crippen LogP contribution in [0, 0.1) is 0 Å². The van der Waals surface area contributed by atoms with Gasteiger partial charge in [0.2, 0.25) is 5.91 Å². The first kappa shape index (κ1) is 27.4. The molecule has 3 aliphatic rings. The number of amides is 5. The van der Waals surface area contributed by atoms with Crippen molar-refractivity contribution in [1.29, 1.82) is 0 Å². The van der Waals surface area contributed by atoms with E-state index in [1.165, 1.54) is 17.0 Å². The Hall–Kier alpha value is -4.12. The van der Waals surface area contributed by atoms with Crippen molar-refractivity contribution in [3.05, 3.63) is 46.5 Å². The van der Waals surface area contributed by atoms with Crippen molar-refractivity contribution in [3.8, 4) is 0 Å². The maximum absolute atomic E-state index is 13.4. The Morgan fingerprint density at radius 2 is 1.38 bits per heavy atom. The number of aliphatic carboxylic acids is 1. The number of carboxylic acids is 1. The lowest BCUT2D eigenvalue weighted by atomic mass is 9.86. The number of hydrogen-bond donors (Lipinski definition) is 3.